The van der Waals surface area contributed by atoms with Crippen LogP contribution in [0, 0.1) is 0 Å². The molecule has 5 unspecified atom stereocenters. The van der Waals surface area contributed by atoms with Crippen LogP contribution in [0.15, 0.2) is 30.3 Å². The fourth-order valence-corrected chi connectivity index (χ4v) is 2.76. The van der Waals surface area contributed by atoms with Crippen molar-refractivity contribution in [2.24, 2.45) is 11.5 Å². The van der Waals surface area contributed by atoms with Gasteiger partial charge >= 0.3 is 5.97 Å². The molecule has 5 atom stereocenters. The van der Waals surface area contributed by atoms with Gasteiger partial charge in [0.15, 0.2) is 0 Å². The summed E-state index contributed by atoms with van der Waals surface area (Å²) >= 11 is 0. The number of aliphatic hydroxyl groups is 2. The molecule has 13 heteroatoms. The van der Waals surface area contributed by atoms with E-state index in [1.807, 2.05) is 5.32 Å². The summed E-state index contributed by atoms with van der Waals surface area (Å²) in [5.41, 5.74) is 11.7. The van der Waals surface area contributed by atoms with Gasteiger partial charge in [-0.2, -0.15) is 0 Å². The quantitative estimate of drug-likeness (QED) is 0.142. The summed E-state index contributed by atoms with van der Waals surface area (Å²) in [6.45, 7) is 0.270. The van der Waals surface area contributed by atoms with Gasteiger partial charge in [-0.3, -0.25) is 19.2 Å². The van der Waals surface area contributed by atoms with E-state index in [1.165, 1.54) is 6.92 Å². The number of benzene rings is 1. The third-order valence-corrected chi connectivity index (χ3v) is 4.53. The van der Waals surface area contributed by atoms with Crippen LogP contribution in [0.5, 0.6) is 0 Å². The summed E-state index contributed by atoms with van der Waals surface area (Å²) in [6.07, 6.45) is -1.96. The maximum Gasteiger partial charge on any atom is 0.328 e. The zero-order valence-electron chi connectivity index (χ0n) is 17.9. The summed E-state index contributed by atoms with van der Waals surface area (Å²) < 4.78 is 0. The maximum absolute atomic E-state index is 12.7. The van der Waals surface area contributed by atoms with E-state index >= 15 is 0 Å². The van der Waals surface area contributed by atoms with E-state index in [9.17, 15) is 29.1 Å². The van der Waals surface area contributed by atoms with Crippen LogP contribution in [0.3, 0.4) is 0 Å². The highest BCUT2D eigenvalue weighted by atomic mass is 16.4. The number of carbonyl (C=O) groups excluding carboxylic acids is 4. The molecule has 0 fully saturated rings. The first-order valence-corrected chi connectivity index (χ1v) is 9.96. The molecular formula is C20H29N5O8. The zero-order valence-corrected chi connectivity index (χ0v) is 17.9. The smallest absolute Gasteiger partial charge is 0.328 e. The lowest BCUT2D eigenvalue weighted by atomic mass is 10.0. The van der Waals surface area contributed by atoms with E-state index in [1.54, 1.807) is 30.3 Å². The number of hydrogen-bond acceptors (Lipinski definition) is 8. The Hall–Kier alpha value is -3.55. The third-order valence-electron chi connectivity index (χ3n) is 4.53. The number of aliphatic hydroxyl groups excluding tert-OH is 2. The molecule has 13 nitrogen and oxygen atoms in total. The summed E-state index contributed by atoms with van der Waals surface area (Å²) in [6, 6.07) is 2.94. The fourth-order valence-electron chi connectivity index (χ4n) is 2.76. The highest BCUT2D eigenvalue weighted by Crippen LogP contribution is 2.04. The molecule has 0 radical (unpaired) electrons. The van der Waals surface area contributed by atoms with Crippen molar-refractivity contribution in [1.29, 1.82) is 0 Å². The number of carboxylic acid groups (broad SMARTS) is 1. The lowest BCUT2D eigenvalue weighted by Gasteiger charge is -2.26. The SMILES string of the molecule is CC(O)C(NC(=O)C(N)Cc1ccccc1)C(=O)NC(CC(N)=O)C(=O)NC(CO)C(=O)O. The lowest BCUT2D eigenvalue weighted by molar-refractivity contribution is -0.143. The minimum atomic E-state index is -1.69. The second-order valence-electron chi connectivity index (χ2n) is 7.34. The predicted octanol–water partition coefficient (Wildman–Crippen LogP) is -3.66. The highest BCUT2D eigenvalue weighted by Gasteiger charge is 2.33. The van der Waals surface area contributed by atoms with Gasteiger partial charge < -0.3 is 42.7 Å². The van der Waals surface area contributed by atoms with E-state index in [0.29, 0.717) is 0 Å². The van der Waals surface area contributed by atoms with Gasteiger partial charge in [0.05, 0.1) is 25.2 Å². The normalized spacial score (nSPS) is 15.3. The number of nitrogens with two attached hydrogens (primary N) is 2. The Kier molecular flexibility index (Phi) is 10.9. The van der Waals surface area contributed by atoms with Gasteiger partial charge in [-0.25, -0.2) is 4.79 Å². The second kappa shape index (κ2) is 13.1. The first-order valence-electron chi connectivity index (χ1n) is 9.96. The monoisotopic (exact) mass is 467 g/mol. The molecule has 0 saturated heterocycles. The average molecular weight is 467 g/mol. The Labute approximate surface area is 189 Å². The molecule has 1 aromatic carbocycles. The molecule has 0 aliphatic heterocycles. The maximum atomic E-state index is 12.7. The van der Waals surface area contributed by atoms with Crippen LogP contribution in [-0.4, -0.2) is 81.8 Å². The Morgan fingerprint density at radius 1 is 0.939 bits per heavy atom. The van der Waals surface area contributed by atoms with Gasteiger partial charge in [0.25, 0.3) is 0 Å². The van der Waals surface area contributed by atoms with Crippen LogP contribution in [0.4, 0.5) is 0 Å². The van der Waals surface area contributed by atoms with E-state index in [0.717, 1.165) is 5.56 Å². The molecule has 10 N–H and O–H groups in total. The fraction of sp³-hybridized carbons (Fsp3) is 0.450. The summed E-state index contributed by atoms with van der Waals surface area (Å²) in [7, 11) is 0. The van der Waals surface area contributed by atoms with Crippen LogP contribution in [-0.2, 0) is 30.4 Å². The van der Waals surface area contributed by atoms with E-state index in [2.05, 4.69) is 10.6 Å². The number of aliphatic carboxylic acids is 1. The molecule has 0 heterocycles. The first kappa shape index (κ1) is 27.5. The number of carbonyl (C=O) groups is 5. The van der Waals surface area contributed by atoms with Crippen molar-refractivity contribution in [2.45, 2.75) is 50.0 Å². The second-order valence-corrected chi connectivity index (χ2v) is 7.34. The van der Waals surface area contributed by atoms with Gasteiger partial charge in [-0.05, 0) is 18.9 Å². The van der Waals surface area contributed by atoms with Gasteiger partial charge in [-0.1, -0.05) is 30.3 Å². The number of primary amides is 1. The molecule has 0 aromatic heterocycles. The standard InChI is InChI=1S/C20H29N5O8/c1-10(27)16(25-17(29)12(21)7-11-5-3-2-4-6-11)19(31)23-13(8-15(22)28)18(30)24-14(9-26)20(32)33/h2-6,10,12-14,16,26-27H,7-9,21H2,1H3,(H2,22,28)(H,23,31)(H,24,30)(H,25,29)(H,32,33). The molecule has 0 spiro atoms. The molecule has 182 valence electrons. The first-order chi connectivity index (χ1) is 15.5. The van der Waals surface area contributed by atoms with Crippen LogP contribution in [0.2, 0.25) is 0 Å². The molecule has 0 aliphatic rings. The third kappa shape index (κ3) is 9.22. The molecule has 33 heavy (non-hydrogen) atoms. The van der Waals surface area contributed by atoms with Crippen LogP contribution < -0.4 is 27.4 Å². The average Bonchev–Trinajstić information content (AvgIpc) is 2.74. The van der Waals surface area contributed by atoms with E-state index in [4.69, 9.17) is 21.7 Å². The van der Waals surface area contributed by atoms with Crippen molar-refractivity contribution in [3.8, 4) is 0 Å². The van der Waals surface area contributed by atoms with Crippen molar-refractivity contribution in [1.82, 2.24) is 16.0 Å². The van der Waals surface area contributed by atoms with Gasteiger partial charge in [0.1, 0.15) is 18.1 Å². The van der Waals surface area contributed by atoms with Crippen molar-refractivity contribution >= 4 is 29.6 Å². The van der Waals surface area contributed by atoms with Crippen LogP contribution >= 0.6 is 0 Å². The topological polar surface area (TPSA) is 234 Å². The Bertz CT molecular complexity index is 848. The van der Waals surface area contributed by atoms with Gasteiger partial charge in [0, 0.05) is 0 Å². The largest absolute Gasteiger partial charge is 0.480 e. The molecule has 0 bridgehead atoms. The van der Waals surface area contributed by atoms with Crippen LogP contribution in [0.25, 0.3) is 0 Å². The van der Waals surface area contributed by atoms with E-state index < -0.39 is 72.9 Å². The number of rotatable bonds is 13. The minimum absolute atomic E-state index is 0.158. The van der Waals surface area contributed by atoms with Crippen LogP contribution in [0.1, 0.15) is 18.9 Å². The highest BCUT2D eigenvalue weighted by molar-refractivity contribution is 5.96. The predicted molar refractivity (Wildman–Crippen MR) is 114 cm³/mol. The lowest BCUT2D eigenvalue weighted by Crippen LogP contribution is -2.60. The number of amides is 4. The molecule has 1 aromatic rings. The number of carboxylic acids is 1. The van der Waals surface area contributed by atoms with Crippen molar-refractivity contribution < 1.29 is 39.3 Å². The Morgan fingerprint density at radius 3 is 2.00 bits per heavy atom. The van der Waals surface area contributed by atoms with Crippen molar-refractivity contribution in [2.75, 3.05) is 6.61 Å². The minimum Gasteiger partial charge on any atom is -0.480 e. The van der Waals surface area contributed by atoms with Crippen molar-refractivity contribution in [3.63, 3.8) is 0 Å². The Morgan fingerprint density at radius 2 is 1.52 bits per heavy atom. The van der Waals surface area contributed by atoms with E-state index in [-0.39, 0.29) is 6.42 Å². The molecule has 4 amide bonds. The summed E-state index contributed by atoms with van der Waals surface area (Å²) in [5.74, 6) is -5.44. The molecule has 0 saturated carbocycles. The molecule has 1 rings (SSSR count). The van der Waals surface area contributed by atoms with Crippen molar-refractivity contribution in [3.05, 3.63) is 35.9 Å². The zero-order chi connectivity index (χ0) is 25.1. The Balaban J connectivity index is 2.89. The number of nitrogens with one attached hydrogen (secondary N) is 3. The molecule has 0 aliphatic carbocycles. The number of hydrogen-bond donors (Lipinski definition) is 8. The van der Waals surface area contributed by atoms with Gasteiger partial charge in [-0.15, -0.1) is 0 Å². The summed E-state index contributed by atoms with van der Waals surface area (Å²) in [5, 5.41) is 34.4. The van der Waals surface area contributed by atoms with Gasteiger partial charge in [0.2, 0.25) is 23.6 Å². The summed E-state index contributed by atoms with van der Waals surface area (Å²) in [4.78, 5) is 59.8. The molecular weight excluding hydrogens is 438 g/mol.